The van der Waals surface area contributed by atoms with Crippen LogP contribution in [0.15, 0.2) is 47.6 Å². The van der Waals surface area contributed by atoms with Crippen molar-refractivity contribution in [2.24, 2.45) is 0 Å². The molecule has 0 saturated heterocycles. The highest BCUT2D eigenvalue weighted by molar-refractivity contribution is 5.55. The first-order valence-electron chi connectivity index (χ1n) is 7.56. The molecular weight excluding hydrogens is 240 g/mol. The van der Waals surface area contributed by atoms with Crippen LogP contribution < -0.4 is 0 Å². The maximum atomic E-state index is 3.98. The zero-order chi connectivity index (χ0) is 14.2. The fourth-order valence-corrected chi connectivity index (χ4v) is 2.37. The highest BCUT2D eigenvalue weighted by Crippen LogP contribution is 2.17. The molecule has 0 saturated carbocycles. The Kier molecular flexibility index (Phi) is 5.52. The second-order valence-corrected chi connectivity index (χ2v) is 5.41. The molecule has 0 atom stereocenters. The minimum absolute atomic E-state index is 0.750. The molecule has 102 valence electrons. The monoisotopic (exact) mass is 262 g/mol. The van der Waals surface area contributed by atoms with Crippen LogP contribution in [0.4, 0.5) is 0 Å². The Hall–Kier alpha value is -1.92. The van der Waals surface area contributed by atoms with Crippen LogP contribution in [0.25, 0.3) is 0 Å². The fraction of sp³-hybridized carbons (Fsp3) is 0.400. The first-order valence-corrected chi connectivity index (χ1v) is 7.56. The second kappa shape index (κ2) is 7.62. The summed E-state index contributed by atoms with van der Waals surface area (Å²) in [6, 6.07) is 0. The summed E-state index contributed by atoms with van der Waals surface area (Å²) in [6.45, 7) is 7.96. The summed E-state index contributed by atoms with van der Waals surface area (Å²) in [6.07, 6.45) is 14.1. The summed E-state index contributed by atoms with van der Waals surface area (Å²) in [4.78, 5) is 0. The van der Waals surface area contributed by atoms with E-state index in [1.54, 1.807) is 0 Å². The van der Waals surface area contributed by atoms with E-state index in [4.69, 9.17) is 0 Å². The van der Waals surface area contributed by atoms with Gasteiger partial charge in [0, 0.05) is 11.1 Å². The van der Waals surface area contributed by atoms with E-state index in [2.05, 4.69) is 49.0 Å². The average Bonchev–Trinajstić information content (AvgIpc) is 2.52. The van der Waals surface area contributed by atoms with Gasteiger partial charge in [-0.15, -0.1) is 0 Å². The van der Waals surface area contributed by atoms with Gasteiger partial charge in [0.2, 0.25) is 0 Å². The molecule has 2 aliphatic rings. The Morgan fingerprint density at radius 2 is 1.20 bits per heavy atom. The van der Waals surface area contributed by atoms with Gasteiger partial charge in [0.15, 0.2) is 0 Å². The molecule has 0 heteroatoms. The molecule has 0 N–H and O–H groups in total. The average molecular weight is 262 g/mol. The van der Waals surface area contributed by atoms with Crippen LogP contribution in [0.3, 0.4) is 0 Å². The Labute approximate surface area is 123 Å². The summed E-state index contributed by atoms with van der Waals surface area (Å²) in [5.74, 6) is 12.6. The van der Waals surface area contributed by atoms with E-state index in [9.17, 15) is 0 Å². The standard InChI is InChI=1S/C20H22/c1-17(13-15-19-9-5-3-6-10-19)18(2)14-16-20-11-7-4-8-12-20/h9,11H,1-8,10,12H2. The highest BCUT2D eigenvalue weighted by atomic mass is 14.1. The zero-order valence-electron chi connectivity index (χ0n) is 12.2. The predicted molar refractivity (Wildman–Crippen MR) is 86.9 cm³/mol. The van der Waals surface area contributed by atoms with Crippen molar-refractivity contribution in [3.8, 4) is 23.7 Å². The Morgan fingerprint density at radius 3 is 1.55 bits per heavy atom. The molecule has 0 spiro atoms. The predicted octanol–water partition coefficient (Wildman–Crippen LogP) is 5.11. The van der Waals surface area contributed by atoms with E-state index in [0.29, 0.717) is 0 Å². The summed E-state index contributed by atoms with van der Waals surface area (Å²) >= 11 is 0. The molecule has 20 heavy (non-hydrogen) atoms. The Balaban J connectivity index is 1.94. The highest BCUT2D eigenvalue weighted by Gasteiger charge is 2.01. The fourth-order valence-electron chi connectivity index (χ4n) is 2.37. The van der Waals surface area contributed by atoms with Gasteiger partial charge in [0.25, 0.3) is 0 Å². The third-order valence-corrected chi connectivity index (χ3v) is 3.69. The maximum Gasteiger partial charge on any atom is 0.0327 e. The van der Waals surface area contributed by atoms with Gasteiger partial charge >= 0.3 is 0 Å². The lowest BCUT2D eigenvalue weighted by molar-refractivity contribution is 0.715. The molecule has 0 bridgehead atoms. The maximum absolute atomic E-state index is 3.98. The van der Waals surface area contributed by atoms with Crippen LogP contribution in [0, 0.1) is 23.7 Å². The van der Waals surface area contributed by atoms with Gasteiger partial charge in [0.1, 0.15) is 0 Å². The molecule has 0 aromatic carbocycles. The molecule has 0 nitrogen and oxygen atoms in total. The van der Waals surface area contributed by atoms with Crippen LogP contribution in [0.2, 0.25) is 0 Å². The zero-order valence-corrected chi connectivity index (χ0v) is 12.2. The number of hydrogen-bond acceptors (Lipinski definition) is 0. The summed E-state index contributed by atoms with van der Waals surface area (Å²) in [5.41, 5.74) is 3.99. The number of rotatable bonds is 1. The quantitative estimate of drug-likeness (QED) is 0.455. The van der Waals surface area contributed by atoms with Crippen molar-refractivity contribution in [3.05, 3.63) is 47.6 Å². The molecule has 0 amide bonds. The minimum Gasteiger partial charge on any atom is -0.0820 e. The molecule has 0 aromatic rings. The van der Waals surface area contributed by atoms with E-state index in [1.165, 1.54) is 36.8 Å². The molecule has 0 unspecified atom stereocenters. The molecular formula is C20H22. The van der Waals surface area contributed by atoms with Gasteiger partial charge in [0.05, 0.1) is 0 Å². The van der Waals surface area contributed by atoms with E-state index in [0.717, 1.165) is 36.8 Å². The molecule has 0 heterocycles. The first-order chi connectivity index (χ1) is 9.75. The van der Waals surface area contributed by atoms with E-state index in [-0.39, 0.29) is 0 Å². The van der Waals surface area contributed by atoms with Crippen molar-refractivity contribution in [3.63, 3.8) is 0 Å². The lowest BCUT2D eigenvalue weighted by Gasteiger charge is -2.06. The van der Waals surface area contributed by atoms with Crippen LogP contribution in [0.1, 0.15) is 51.4 Å². The normalized spacial score (nSPS) is 17.6. The minimum atomic E-state index is 0.750. The third-order valence-electron chi connectivity index (χ3n) is 3.69. The van der Waals surface area contributed by atoms with Crippen molar-refractivity contribution >= 4 is 0 Å². The van der Waals surface area contributed by atoms with Crippen molar-refractivity contribution in [2.45, 2.75) is 51.4 Å². The smallest absolute Gasteiger partial charge is 0.0327 e. The van der Waals surface area contributed by atoms with Crippen molar-refractivity contribution < 1.29 is 0 Å². The first kappa shape index (κ1) is 14.5. The Bertz CT molecular complexity index is 519. The lowest BCUT2D eigenvalue weighted by atomic mass is 9.98. The molecule has 2 rings (SSSR count). The molecule has 2 aliphatic carbocycles. The van der Waals surface area contributed by atoms with Gasteiger partial charge in [-0.05, 0) is 62.5 Å². The van der Waals surface area contributed by atoms with Gasteiger partial charge < -0.3 is 0 Å². The van der Waals surface area contributed by atoms with Crippen LogP contribution >= 0.6 is 0 Å². The van der Waals surface area contributed by atoms with Crippen LogP contribution in [0.5, 0.6) is 0 Å². The van der Waals surface area contributed by atoms with Crippen molar-refractivity contribution in [2.75, 3.05) is 0 Å². The number of hydrogen-bond donors (Lipinski definition) is 0. The topological polar surface area (TPSA) is 0 Å². The Morgan fingerprint density at radius 1 is 0.750 bits per heavy atom. The van der Waals surface area contributed by atoms with Crippen molar-refractivity contribution in [1.82, 2.24) is 0 Å². The van der Waals surface area contributed by atoms with Gasteiger partial charge in [-0.2, -0.15) is 0 Å². The van der Waals surface area contributed by atoms with E-state index < -0.39 is 0 Å². The SMILES string of the molecule is C=C(C#CC1=CCCCC1)C(=C)C#CC1=CCCCC1. The largest absolute Gasteiger partial charge is 0.0820 e. The third kappa shape index (κ3) is 4.64. The van der Waals surface area contributed by atoms with Crippen molar-refractivity contribution in [1.29, 1.82) is 0 Å². The summed E-state index contributed by atoms with van der Waals surface area (Å²) in [7, 11) is 0. The van der Waals surface area contributed by atoms with Crippen LogP contribution in [-0.4, -0.2) is 0 Å². The number of allylic oxidation sites excluding steroid dienone is 6. The molecule has 0 aliphatic heterocycles. The summed E-state index contributed by atoms with van der Waals surface area (Å²) < 4.78 is 0. The van der Waals surface area contributed by atoms with Crippen LogP contribution in [-0.2, 0) is 0 Å². The van der Waals surface area contributed by atoms with E-state index >= 15 is 0 Å². The summed E-state index contributed by atoms with van der Waals surface area (Å²) in [5, 5.41) is 0. The van der Waals surface area contributed by atoms with Gasteiger partial charge in [-0.3, -0.25) is 0 Å². The molecule has 0 radical (unpaired) electrons. The van der Waals surface area contributed by atoms with Gasteiger partial charge in [-0.25, -0.2) is 0 Å². The molecule has 0 fully saturated rings. The van der Waals surface area contributed by atoms with Gasteiger partial charge in [-0.1, -0.05) is 49.0 Å². The second-order valence-electron chi connectivity index (χ2n) is 5.41. The lowest BCUT2D eigenvalue weighted by Crippen LogP contribution is -1.90. The molecule has 0 aromatic heterocycles. The van der Waals surface area contributed by atoms with E-state index in [1.807, 2.05) is 0 Å².